The first kappa shape index (κ1) is 12.8. The molecule has 1 spiro atoms. The Labute approximate surface area is 105 Å². The smallest absolute Gasteiger partial charge is 0.00446 e. The van der Waals surface area contributed by atoms with E-state index in [2.05, 4.69) is 36.8 Å². The lowest BCUT2D eigenvalue weighted by atomic mass is 9.68. The van der Waals surface area contributed by atoms with Crippen molar-refractivity contribution in [3.05, 3.63) is 0 Å². The summed E-state index contributed by atoms with van der Waals surface area (Å²) >= 11 is 2.09. The Balaban J connectivity index is 1.84. The maximum atomic E-state index is 2.66. The number of piperidine rings is 1. The molecule has 0 aromatic heterocycles. The Kier molecular flexibility index (Phi) is 4.23. The van der Waals surface area contributed by atoms with E-state index in [1.165, 1.54) is 51.6 Å². The highest BCUT2D eigenvalue weighted by atomic mass is 32.2. The second-order valence-corrected chi connectivity index (χ2v) is 7.20. The fourth-order valence-electron chi connectivity index (χ4n) is 3.45. The molecule has 2 fully saturated rings. The van der Waals surface area contributed by atoms with Gasteiger partial charge in [-0.05, 0) is 77.1 Å². The molecule has 0 aromatic rings. The summed E-state index contributed by atoms with van der Waals surface area (Å²) < 4.78 is 0. The molecule has 1 saturated heterocycles. The predicted molar refractivity (Wildman–Crippen MR) is 74.1 cm³/mol. The summed E-state index contributed by atoms with van der Waals surface area (Å²) in [6.45, 7) is 7.37. The molecule has 94 valence electrons. The van der Waals surface area contributed by atoms with Gasteiger partial charge in [0.15, 0.2) is 0 Å². The lowest BCUT2D eigenvalue weighted by Gasteiger charge is -2.46. The predicted octanol–water partition coefficient (Wildman–Crippen LogP) is 3.78. The van der Waals surface area contributed by atoms with Crippen molar-refractivity contribution in [3.63, 3.8) is 0 Å². The normalized spacial score (nSPS) is 27.8. The number of rotatable bonds is 2. The second-order valence-electron chi connectivity index (χ2n) is 6.06. The Bertz CT molecular complexity index is 209. The second kappa shape index (κ2) is 5.30. The van der Waals surface area contributed by atoms with Crippen LogP contribution in [0.2, 0.25) is 0 Å². The van der Waals surface area contributed by atoms with Gasteiger partial charge in [-0.25, -0.2) is 0 Å². The van der Waals surface area contributed by atoms with Gasteiger partial charge in [-0.3, -0.25) is 0 Å². The summed E-state index contributed by atoms with van der Waals surface area (Å²) in [5, 5.41) is 0.966. The van der Waals surface area contributed by atoms with Crippen LogP contribution in [-0.2, 0) is 0 Å². The molecule has 1 saturated carbocycles. The zero-order valence-electron chi connectivity index (χ0n) is 11.2. The van der Waals surface area contributed by atoms with Crippen molar-refractivity contribution in [1.82, 2.24) is 4.90 Å². The molecule has 0 unspecified atom stereocenters. The average molecular weight is 241 g/mol. The van der Waals surface area contributed by atoms with E-state index in [1.807, 2.05) is 0 Å². The van der Waals surface area contributed by atoms with Crippen molar-refractivity contribution in [2.45, 2.75) is 63.7 Å². The summed E-state index contributed by atoms with van der Waals surface area (Å²) in [5.74, 6) is 0. The molecule has 2 rings (SSSR count). The third-order valence-electron chi connectivity index (χ3n) is 4.92. The molecule has 0 N–H and O–H groups in total. The van der Waals surface area contributed by atoms with E-state index in [4.69, 9.17) is 0 Å². The summed E-state index contributed by atoms with van der Waals surface area (Å²) in [4.78, 5) is 2.66. The Morgan fingerprint density at radius 3 is 2.06 bits per heavy atom. The third kappa shape index (κ3) is 2.76. The molecular weight excluding hydrogens is 214 g/mol. The van der Waals surface area contributed by atoms with E-state index < -0.39 is 0 Å². The van der Waals surface area contributed by atoms with Crippen LogP contribution in [-0.4, -0.2) is 35.5 Å². The van der Waals surface area contributed by atoms with Crippen LogP contribution in [0.5, 0.6) is 0 Å². The molecule has 1 nitrogen and oxygen atoms in total. The average Bonchev–Trinajstić information content (AvgIpc) is 2.31. The molecule has 0 bridgehead atoms. The van der Waals surface area contributed by atoms with Gasteiger partial charge in [-0.1, -0.05) is 0 Å². The molecule has 0 atom stereocenters. The van der Waals surface area contributed by atoms with Crippen LogP contribution in [0.15, 0.2) is 0 Å². The van der Waals surface area contributed by atoms with Gasteiger partial charge >= 0.3 is 0 Å². The van der Waals surface area contributed by atoms with Crippen molar-refractivity contribution in [1.29, 1.82) is 0 Å². The molecule has 16 heavy (non-hydrogen) atoms. The van der Waals surface area contributed by atoms with Gasteiger partial charge < -0.3 is 4.90 Å². The van der Waals surface area contributed by atoms with Crippen molar-refractivity contribution >= 4 is 11.8 Å². The van der Waals surface area contributed by atoms with Crippen LogP contribution >= 0.6 is 11.8 Å². The fraction of sp³-hybridized carbons (Fsp3) is 1.00. The van der Waals surface area contributed by atoms with E-state index in [0.29, 0.717) is 0 Å². The van der Waals surface area contributed by atoms with Gasteiger partial charge in [0.2, 0.25) is 0 Å². The van der Waals surface area contributed by atoms with Crippen molar-refractivity contribution in [3.8, 4) is 0 Å². The van der Waals surface area contributed by atoms with E-state index in [1.54, 1.807) is 0 Å². The number of hydrogen-bond acceptors (Lipinski definition) is 2. The van der Waals surface area contributed by atoms with E-state index in [9.17, 15) is 0 Å². The molecule has 0 aromatic carbocycles. The highest BCUT2D eigenvalue weighted by molar-refractivity contribution is 7.99. The first-order valence-corrected chi connectivity index (χ1v) is 8.21. The van der Waals surface area contributed by atoms with Gasteiger partial charge in [-0.2, -0.15) is 11.8 Å². The third-order valence-corrected chi connectivity index (χ3v) is 6.05. The summed E-state index contributed by atoms with van der Waals surface area (Å²) in [6, 6.07) is 0.750. The molecular formula is C14H27NS. The zero-order chi connectivity index (χ0) is 11.6. The highest BCUT2D eigenvalue weighted by Gasteiger charge is 2.38. The molecule has 2 heteroatoms. The topological polar surface area (TPSA) is 3.24 Å². The van der Waals surface area contributed by atoms with E-state index >= 15 is 0 Å². The number of hydrogen-bond donors (Lipinski definition) is 0. The number of nitrogens with zero attached hydrogens (tertiary/aromatic N) is 1. The van der Waals surface area contributed by atoms with Gasteiger partial charge in [0.25, 0.3) is 0 Å². The Hall–Kier alpha value is 0.310. The van der Waals surface area contributed by atoms with Crippen LogP contribution in [0.1, 0.15) is 52.4 Å². The lowest BCUT2D eigenvalue weighted by Crippen LogP contribution is -2.44. The SMILES string of the molecule is CSC1CCC2(CC1)CCN(C(C)C)CC2. The quantitative estimate of drug-likeness (QED) is 0.724. The van der Waals surface area contributed by atoms with Crippen LogP contribution in [0, 0.1) is 5.41 Å². The van der Waals surface area contributed by atoms with Crippen LogP contribution in [0.4, 0.5) is 0 Å². The first-order valence-electron chi connectivity index (χ1n) is 6.92. The summed E-state index contributed by atoms with van der Waals surface area (Å²) in [6.07, 6.45) is 11.2. The van der Waals surface area contributed by atoms with E-state index in [-0.39, 0.29) is 0 Å². The lowest BCUT2D eigenvalue weighted by molar-refractivity contribution is 0.0542. The molecule has 0 radical (unpaired) electrons. The largest absolute Gasteiger partial charge is 0.301 e. The zero-order valence-corrected chi connectivity index (χ0v) is 12.0. The summed E-state index contributed by atoms with van der Waals surface area (Å²) in [7, 11) is 0. The molecule has 2 aliphatic rings. The molecule has 1 aliphatic carbocycles. The maximum Gasteiger partial charge on any atom is 0.00446 e. The molecule has 0 amide bonds. The van der Waals surface area contributed by atoms with Crippen molar-refractivity contribution in [2.75, 3.05) is 19.3 Å². The van der Waals surface area contributed by atoms with Gasteiger partial charge in [0.05, 0.1) is 0 Å². The number of thioether (sulfide) groups is 1. The fourth-order valence-corrected chi connectivity index (χ4v) is 4.16. The Morgan fingerprint density at radius 2 is 1.62 bits per heavy atom. The van der Waals surface area contributed by atoms with Gasteiger partial charge in [0, 0.05) is 11.3 Å². The minimum absolute atomic E-state index is 0.748. The summed E-state index contributed by atoms with van der Waals surface area (Å²) in [5.41, 5.74) is 0.748. The first-order chi connectivity index (χ1) is 7.65. The van der Waals surface area contributed by atoms with Crippen LogP contribution < -0.4 is 0 Å². The highest BCUT2D eigenvalue weighted by Crippen LogP contribution is 2.46. The minimum atomic E-state index is 0.748. The van der Waals surface area contributed by atoms with Gasteiger partial charge in [0.1, 0.15) is 0 Å². The van der Waals surface area contributed by atoms with Gasteiger partial charge in [-0.15, -0.1) is 0 Å². The van der Waals surface area contributed by atoms with Crippen LogP contribution in [0.3, 0.4) is 0 Å². The number of likely N-dealkylation sites (tertiary alicyclic amines) is 1. The van der Waals surface area contributed by atoms with E-state index in [0.717, 1.165) is 16.7 Å². The monoisotopic (exact) mass is 241 g/mol. The molecule has 1 heterocycles. The molecule has 1 aliphatic heterocycles. The van der Waals surface area contributed by atoms with Crippen molar-refractivity contribution in [2.24, 2.45) is 5.41 Å². The standard InChI is InChI=1S/C14H27NS/c1-12(2)15-10-8-14(9-11-15)6-4-13(16-3)5-7-14/h12-13H,4-11H2,1-3H3. The minimum Gasteiger partial charge on any atom is -0.301 e. The Morgan fingerprint density at radius 1 is 1.06 bits per heavy atom. The maximum absolute atomic E-state index is 2.66. The van der Waals surface area contributed by atoms with Crippen molar-refractivity contribution < 1.29 is 0 Å². The van der Waals surface area contributed by atoms with Crippen LogP contribution in [0.25, 0.3) is 0 Å².